The van der Waals surface area contributed by atoms with Crippen molar-refractivity contribution in [3.05, 3.63) is 23.9 Å². The summed E-state index contributed by atoms with van der Waals surface area (Å²) < 4.78 is 4.94. The molecule has 1 N–H and O–H groups in total. The molecule has 0 amide bonds. The number of hydrogen-bond acceptors (Lipinski definition) is 3. The Bertz CT molecular complexity index is 248. The molecule has 1 heterocycles. The molecule has 0 aromatic carbocycles. The van der Waals surface area contributed by atoms with Gasteiger partial charge in [0.1, 0.15) is 0 Å². The SMILES string of the molecule is COc1cccc(C[C@@H](C)O)n1. The van der Waals surface area contributed by atoms with Gasteiger partial charge in [-0.25, -0.2) is 4.98 Å². The third-order valence-corrected chi connectivity index (χ3v) is 1.49. The minimum Gasteiger partial charge on any atom is -0.481 e. The van der Waals surface area contributed by atoms with Gasteiger partial charge in [-0.1, -0.05) is 6.07 Å². The van der Waals surface area contributed by atoms with E-state index in [0.717, 1.165) is 5.69 Å². The molecule has 3 heteroatoms. The van der Waals surface area contributed by atoms with E-state index in [-0.39, 0.29) is 6.10 Å². The average molecular weight is 167 g/mol. The van der Waals surface area contributed by atoms with Gasteiger partial charge in [-0.15, -0.1) is 0 Å². The fourth-order valence-electron chi connectivity index (χ4n) is 0.988. The third-order valence-electron chi connectivity index (χ3n) is 1.49. The Labute approximate surface area is 72.0 Å². The number of methoxy groups -OCH3 is 1. The molecule has 1 aromatic rings. The topological polar surface area (TPSA) is 42.4 Å². The standard InChI is InChI=1S/C9H13NO2/c1-7(11)6-8-4-3-5-9(10-8)12-2/h3-5,7,11H,6H2,1-2H3/t7-/m1/s1. The fraction of sp³-hybridized carbons (Fsp3) is 0.444. The first kappa shape index (κ1) is 9.00. The van der Waals surface area contributed by atoms with E-state index in [4.69, 9.17) is 9.84 Å². The summed E-state index contributed by atoms with van der Waals surface area (Å²) in [7, 11) is 1.58. The summed E-state index contributed by atoms with van der Waals surface area (Å²) in [6.07, 6.45) is 0.210. The highest BCUT2D eigenvalue weighted by Crippen LogP contribution is 2.07. The number of ether oxygens (including phenoxy) is 1. The van der Waals surface area contributed by atoms with Crippen LogP contribution in [0.25, 0.3) is 0 Å². The molecular weight excluding hydrogens is 154 g/mol. The molecule has 1 aromatic heterocycles. The number of aliphatic hydroxyl groups excluding tert-OH is 1. The average Bonchev–Trinajstić information content (AvgIpc) is 2.03. The zero-order chi connectivity index (χ0) is 8.97. The van der Waals surface area contributed by atoms with Crippen molar-refractivity contribution >= 4 is 0 Å². The van der Waals surface area contributed by atoms with Crippen LogP contribution in [0.2, 0.25) is 0 Å². The van der Waals surface area contributed by atoms with Crippen LogP contribution >= 0.6 is 0 Å². The van der Waals surface area contributed by atoms with Crippen LogP contribution in [-0.4, -0.2) is 23.3 Å². The van der Waals surface area contributed by atoms with Crippen LogP contribution < -0.4 is 4.74 Å². The Balaban J connectivity index is 2.72. The van der Waals surface area contributed by atoms with Crippen LogP contribution in [-0.2, 0) is 6.42 Å². The first-order valence-electron chi connectivity index (χ1n) is 3.90. The van der Waals surface area contributed by atoms with Crippen molar-refractivity contribution in [1.29, 1.82) is 0 Å². The molecule has 0 radical (unpaired) electrons. The van der Waals surface area contributed by atoms with Crippen LogP contribution in [0.15, 0.2) is 18.2 Å². The summed E-state index contributed by atoms with van der Waals surface area (Å²) in [4.78, 5) is 4.15. The summed E-state index contributed by atoms with van der Waals surface area (Å²) in [5.41, 5.74) is 0.851. The van der Waals surface area contributed by atoms with Crippen molar-refractivity contribution in [2.24, 2.45) is 0 Å². The Kier molecular flexibility index (Phi) is 3.05. The first-order valence-corrected chi connectivity index (χ1v) is 3.90. The molecular formula is C9H13NO2. The molecule has 0 unspecified atom stereocenters. The number of pyridine rings is 1. The van der Waals surface area contributed by atoms with E-state index in [0.29, 0.717) is 12.3 Å². The normalized spacial score (nSPS) is 12.6. The van der Waals surface area contributed by atoms with Crippen molar-refractivity contribution in [3.63, 3.8) is 0 Å². The van der Waals surface area contributed by atoms with Gasteiger partial charge in [0.15, 0.2) is 0 Å². The lowest BCUT2D eigenvalue weighted by molar-refractivity contribution is 0.194. The Morgan fingerprint density at radius 3 is 2.92 bits per heavy atom. The van der Waals surface area contributed by atoms with Crippen LogP contribution in [0.3, 0.4) is 0 Å². The summed E-state index contributed by atoms with van der Waals surface area (Å²) in [6, 6.07) is 5.52. The highest BCUT2D eigenvalue weighted by Gasteiger charge is 2.00. The lowest BCUT2D eigenvalue weighted by Gasteiger charge is -2.04. The molecule has 0 aliphatic heterocycles. The van der Waals surface area contributed by atoms with E-state index in [1.807, 2.05) is 12.1 Å². The highest BCUT2D eigenvalue weighted by atomic mass is 16.5. The monoisotopic (exact) mass is 167 g/mol. The summed E-state index contributed by atoms with van der Waals surface area (Å²) in [5.74, 6) is 0.591. The smallest absolute Gasteiger partial charge is 0.213 e. The lowest BCUT2D eigenvalue weighted by Crippen LogP contribution is -2.06. The largest absolute Gasteiger partial charge is 0.481 e. The second kappa shape index (κ2) is 4.07. The molecule has 0 aliphatic carbocycles. The molecule has 66 valence electrons. The number of aromatic nitrogens is 1. The third kappa shape index (κ3) is 2.51. The molecule has 1 atom stereocenters. The Morgan fingerprint density at radius 2 is 2.33 bits per heavy atom. The molecule has 1 rings (SSSR count). The molecule has 3 nitrogen and oxygen atoms in total. The second-order valence-corrected chi connectivity index (χ2v) is 2.72. The van der Waals surface area contributed by atoms with Crippen molar-refractivity contribution in [1.82, 2.24) is 4.98 Å². The van der Waals surface area contributed by atoms with Crippen LogP contribution in [0, 0.1) is 0 Å². The van der Waals surface area contributed by atoms with Crippen LogP contribution in [0.1, 0.15) is 12.6 Å². The molecule has 0 spiro atoms. The molecule has 0 fully saturated rings. The first-order chi connectivity index (χ1) is 5.72. The van der Waals surface area contributed by atoms with E-state index >= 15 is 0 Å². The van der Waals surface area contributed by atoms with Crippen molar-refractivity contribution in [3.8, 4) is 5.88 Å². The zero-order valence-corrected chi connectivity index (χ0v) is 7.32. The van der Waals surface area contributed by atoms with Gasteiger partial charge in [-0.3, -0.25) is 0 Å². The van der Waals surface area contributed by atoms with Crippen molar-refractivity contribution < 1.29 is 9.84 Å². The van der Waals surface area contributed by atoms with Gasteiger partial charge in [0.25, 0.3) is 0 Å². The zero-order valence-electron chi connectivity index (χ0n) is 7.32. The summed E-state index contributed by atoms with van der Waals surface area (Å²) in [6.45, 7) is 1.74. The minimum atomic E-state index is -0.357. The maximum Gasteiger partial charge on any atom is 0.213 e. The van der Waals surface area contributed by atoms with Crippen molar-refractivity contribution in [2.75, 3.05) is 7.11 Å². The predicted octanol–water partition coefficient (Wildman–Crippen LogP) is 1.01. The van der Waals surface area contributed by atoms with E-state index < -0.39 is 0 Å². The molecule has 0 aliphatic rings. The second-order valence-electron chi connectivity index (χ2n) is 2.72. The number of hydrogen-bond donors (Lipinski definition) is 1. The Hall–Kier alpha value is -1.09. The maximum atomic E-state index is 9.09. The van der Waals surface area contributed by atoms with E-state index in [1.165, 1.54) is 0 Å². The predicted molar refractivity (Wildman–Crippen MR) is 46.2 cm³/mol. The summed E-state index contributed by atoms with van der Waals surface area (Å²) >= 11 is 0. The minimum absolute atomic E-state index is 0.357. The maximum absolute atomic E-state index is 9.09. The van der Waals surface area contributed by atoms with Crippen LogP contribution in [0.4, 0.5) is 0 Å². The van der Waals surface area contributed by atoms with Gasteiger partial charge in [0.05, 0.1) is 13.2 Å². The van der Waals surface area contributed by atoms with Gasteiger partial charge < -0.3 is 9.84 Å². The van der Waals surface area contributed by atoms with E-state index in [9.17, 15) is 0 Å². The lowest BCUT2D eigenvalue weighted by atomic mass is 10.2. The fourth-order valence-corrected chi connectivity index (χ4v) is 0.988. The van der Waals surface area contributed by atoms with Crippen LogP contribution in [0.5, 0.6) is 5.88 Å². The van der Waals surface area contributed by atoms with E-state index in [2.05, 4.69) is 4.98 Å². The van der Waals surface area contributed by atoms with Gasteiger partial charge in [-0.2, -0.15) is 0 Å². The van der Waals surface area contributed by atoms with Gasteiger partial charge in [-0.05, 0) is 13.0 Å². The number of rotatable bonds is 3. The number of aliphatic hydroxyl groups is 1. The van der Waals surface area contributed by atoms with Gasteiger partial charge >= 0.3 is 0 Å². The highest BCUT2D eigenvalue weighted by molar-refractivity contribution is 5.15. The van der Waals surface area contributed by atoms with Gasteiger partial charge in [0, 0.05) is 18.2 Å². The van der Waals surface area contributed by atoms with Gasteiger partial charge in [0.2, 0.25) is 5.88 Å². The Morgan fingerprint density at radius 1 is 1.58 bits per heavy atom. The molecule has 0 saturated carbocycles. The van der Waals surface area contributed by atoms with Crippen molar-refractivity contribution in [2.45, 2.75) is 19.4 Å². The molecule has 12 heavy (non-hydrogen) atoms. The number of nitrogens with zero attached hydrogens (tertiary/aromatic N) is 1. The summed E-state index contributed by atoms with van der Waals surface area (Å²) in [5, 5.41) is 9.09. The molecule has 0 bridgehead atoms. The quantitative estimate of drug-likeness (QED) is 0.730. The van der Waals surface area contributed by atoms with E-state index in [1.54, 1.807) is 20.1 Å². The molecule has 0 saturated heterocycles.